The lowest BCUT2D eigenvalue weighted by Gasteiger charge is -2.40. The van der Waals surface area contributed by atoms with Crippen molar-refractivity contribution < 1.29 is 33.3 Å². The van der Waals surface area contributed by atoms with Crippen molar-refractivity contribution in [3.63, 3.8) is 0 Å². The zero-order valence-corrected chi connectivity index (χ0v) is 10.9. The molecule has 1 fully saturated rings. The molecular formula is C8H12IN3OS. The summed E-state index contributed by atoms with van der Waals surface area (Å²) in [4.78, 5) is 0. The van der Waals surface area contributed by atoms with Crippen LogP contribution >= 0.6 is 11.8 Å². The van der Waals surface area contributed by atoms with Gasteiger partial charge in [-0.2, -0.15) is 0 Å². The maximum absolute atomic E-state index is 5.28. The van der Waals surface area contributed by atoms with E-state index in [0.29, 0.717) is 5.41 Å². The zero-order valence-electron chi connectivity index (χ0n) is 7.94. The van der Waals surface area contributed by atoms with Crippen LogP contribution in [0.1, 0.15) is 0 Å². The van der Waals surface area contributed by atoms with Gasteiger partial charge in [0.2, 0.25) is 0 Å². The quantitative estimate of drug-likeness (QED) is 0.373. The van der Waals surface area contributed by atoms with Crippen molar-refractivity contribution in [2.75, 3.05) is 19.0 Å². The summed E-state index contributed by atoms with van der Waals surface area (Å²) in [5, 5.41) is 5.60. The fourth-order valence-corrected chi connectivity index (χ4v) is 3.06. The smallest absolute Gasteiger partial charge is 0.295 e. The largest absolute Gasteiger partial charge is 1.00 e. The van der Waals surface area contributed by atoms with E-state index in [1.807, 2.05) is 25.1 Å². The van der Waals surface area contributed by atoms with Gasteiger partial charge in [0.15, 0.2) is 0 Å². The summed E-state index contributed by atoms with van der Waals surface area (Å²) in [6.07, 6.45) is 1.88. The van der Waals surface area contributed by atoms with Crippen LogP contribution < -0.4 is 28.5 Å². The lowest BCUT2D eigenvalue weighted by Crippen LogP contribution is -3.00. The molecule has 0 bridgehead atoms. The number of hydrogen-bond acceptors (Lipinski definition) is 3. The van der Waals surface area contributed by atoms with E-state index in [4.69, 9.17) is 4.74 Å². The summed E-state index contributed by atoms with van der Waals surface area (Å²) in [5.41, 5.74) is 0.386. The Morgan fingerprint density at radius 1 is 1.64 bits per heavy atom. The molecule has 1 spiro atoms. The lowest BCUT2D eigenvalue weighted by atomic mass is 9.88. The highest BCUT2D eigenvalue weighted by Gasteiger charge is 2.46. The van der Waals surface area contributed by atoms with E-state index in [0.717, 1.165) is 19.8 Å². The van der Waals surface area contributed by atoms with Crippen molar-refractivity contribution in [1.82, 2.24) is 9.78 Å². The van der Waals surface area contributed by atoms with Crippen molar-refractivity contribution >= 4 is 11.8 Å². The Kier molecular flexibility index (Phi) is 2.78. The molecule has 1 aromatic rings. The van der Waals surface area contributed by atoms with E-state index in [1.165, 1.54) is 10.9 Å². The van der Waals surface area contributed by atoms with Crippen LogP contribution in [0.5, 0.6) is 0 Å². The van der Waals surface area contributed by atoms with Crippen LogP contribution in [0, 0.1) is 5.41 Å². The highest BCUT2D eigenvalue weighted by atomic mass is 127. The van der Waals surface area contributed by atoms with E-state index in [-0.39, 0.29) is 24.0 Å². The van der Waals surface area contributed by atoms with Crippen LogP contribution in [0.15, 0.2) is 11.5 Å². The molecule has 1 saturated heterocycles. The topological polar surface area (TPSA) is 30.9 Å². The Balaban J connectivity index is 0.000000750. The third-order valence-electron chi connectivity index (χ3n) is 2.70. The third kappa shape index (κ3) is 1.47. The van der Waals surface area contributed by atoms with Crippen molar-refractivity contribution in [2.45, 2.75) is 11.7 Å². The predicted octanol–water partition coefficient (Wildman–Crippen LogP) is -3.17. The number of hydrogen-bond donors (Lipinski definition) is 0. The lowest BCUT2D eigenvalue weighted by molar-refractivity contribution is -0.710. The fourth-order valence-electron chi connectivity index (χ4n) is 1.85. The predicted molar refractivity (Wildman–Crippen MR) is 47.4 cm³/mol. The molecule has 0 saturated carbocycles. The second-order valence-electron chi connectivity index (χ2n) is 3.96. The Morgan fingerprint density at radius 3 is 3.07 bits per heavy atom. The minimum Gasteiger partial charge on any atom is -1.00 e. The average molecular weight is 325 g/mol. The Bertz CT molecular complexity index is 350. The molecular weight excluding hydrogens is 313 g/mol. The number of thioether (sulfide) groups is 1. The Hall–Kier alpha value is 0.180. The van der Waals surface area contributed by atoms with Crippen LogP contribution in [0.2, 0.25) is 0 Å². The van der Waals surface area contributed by atoms with E-state index in [1.54, 1.807) is 0 Å². The molecule has 0 N–H and O–H groups in total. The molecule has 0 aliphatic carbocycles. The highest BCUT2D eigenvalue weighted by Crippen LogP contribution is 2.39. The van der Waals surface area contributed by atoms with Gasteiger partial charge in [-0.05, 0) is 0 Å². The first kappa shape index (κ1) is 10.7. The van der Waals surface area contributed by atoms with Gasteiger partial charge in [0.1, 0.15) is 6.54 Å². The van der Waals surface area contributed by atoms with Gasteiger partial charge >= 0.3 is 0 Å². The first-order chi connectivity index (χ1) is 6.29. The van der Waals surface area contributed by atoms with Gasteiger partial charge in [-0.15, -0.1) is 4.68 Å². The summed E-state index contributed by atoms with van der Waals surface area (Å²) in [6, 6.07) is 0. The molecule has 4 nitrogen and oxygen atoms in total. The van der Waals surface area contributed by atoms with Crippen molar-refractivity contribution in [2.24, 2.45) is 12.5 Å². The molecule has 2 aliphatic rings. The van der Waals surface area contributed by atoms with Crippen LogP contribution in [0.25, 0.3) is 0 Å². The van der Waals surface area contributed by atoms with E-state index < -0.39 is 0 Å². The van der Waals surface area contributed by atoms with Crippen molar-refractivity contribution in [3.05, 3.63) is 6.33 Å². The van der Waals surface area contributed by atoms with E-state index in [2.05, 4.69) is 14.3 Å². The molecule has 78 valence electrons. The monoisotopic (exact) mass is 325 g/mol. The number of aryl methyl sites for hydroxylation is 1. The molecule has 0 radical (unpaired) electrons. The van der Waals surface area contributed by atoms with Gasteiger partial charge in [-0.3, -0.25) is 0 Å². The second kappa shape index (κ2) is 3.64. The summed E-state index contributed by atoms with van der Waals surface area (Å²) >= 11 is 1.89. The van der Waals surface area contributed by atoms with Crippen LogP contribution in [0.4, 0.5) is 0 Å². The van der Waals surface area contributed by atoms with E-state index >= 15 is 0 Å². The first-order valence-corrected chi connectivity index (χ1v) is 5.40. The number of aromatic nitrogens is 3. The van der Waals surface area contributed by atoms with Crippen LogP contribution in [-0.4, -0.2) is 28.7 Å². The Labute approximate surface area is 104 Å². The Morgan fingerprint density at radius 2 is 2.43 bits per heavy atom. The molecule has 0 unspecified atom stereocenters. The molecule has 6 heteroatoms. The summed E-state index contributed by atoms with van der Waals surface area (Å²) in [7, 11) is 2.04. The van der Waals surface area contributed by atoms with Gasteiger partial charge in [-0.1, -0.05) is 11.8 Å². The van der Waals surface area contributed by atoms with Crippen LogP contribution in [-0.2, 0) is 18.3 Å². The number of nitrogens with zero attached hydrogens (tertiary/aromatic N) is 3. The molecule has 3 rings (SSSR count). The summed E-state index contributed by atoms with van der Waals surface area (Å²) < 4.78 is 9.45. The maximum Gasteiger partial charge on any atom is 0.295 e. The first-order valence-electron chi connectivity index (χ1n) is 4.41. The van der Waals surface area contributed by atoms with E-state index in [9.17, 15) is 0 Å². The van der Waals surface area contributed by atoms with Gasteiger partial charge in [0.25, 0.3) is 11.5 Å². The minimum absolute atomic E-state index is 0. The highest BCUT2D eigenvalue weighted by molar-refractivity contribution is 7.99. The molecule has 3 heterocycles. The standard InChI is InChI=1S/C8H12N3OS.HI/c1-10-6-9-11-2-8(3-12-4-8)5-13-7(10)11;/h6H,2-5H2,1H3;1H/q+1;/p-1. The molecule has 0 aromatic carbocycles. The number of rotatable bonds is 0. The number of halogens is 1. The second-order valence-corrected chi connectivity index (χ2v) is 4.91. The minimum atomic E-state index is 0. The van der Waals surface area contributed by atoms with Gasteiger partial charge in [0, 0.05) is 10.9 Å². The molecule has 0 atom stereocenters. The van der Waals surface area contributed by atoms with Crippen molar-refractivity contribution in [3.8, 4) is 0 Å². The van der Waals surface area contributed by atoms with Gasteiger partial charge in [-0.25, -0.2) is 4.57 Å². The van der Waals surface area contributed by atoms with Gasteiger partial charge in [0.05, 0.1) is 25.7 Å². The number of fused-ring (bicyclic) bond motifs is 1. The third-order valence-corrected chi connectivity index (χ3v) is 4.21. The fraction of sp³-hybridized carbons (Fsp3) is 0.750. The SMILES string of the molecule is C[n+]1cnn2c1SCC1(COC1)C2.[I-]. The molecule has 0 amide bonds. The van der Waals surface area contributed by atoms with Crippen molar-refractivity contribution in [1.29, 1.82) is 0 Å². The van der Waals surface area contributed by atoms with Crippen LogP contribution in [0.3, 0.4) is 0 Å². The maximum atomic E-state index is 5.28. The number of ether oxygens (including phenoxy) is 1. The summed E-state index contributed by atoms with van der Waals surface area (Å²) in [6.45, 7) is 2.84. The van der Waals surface area contributed by atoms with Gasteiger partial charge < -0.3 is 28.7 Å². The molecule has 2 aliphatic heterocycles. The molecule has 14 heavy (non-hydrogen) atoms. The average Bonchev–Trinajstić information content (AvgIpc) is 2.45. The zero-order chi connectivity index (χ0) is 8.89. The molecule has 1 aromatic heterocycles. The normalized spacial score (nSPS) is 22.4. The summed E-state index contributed by atoms with van der Waals surface area (Å²) in [5.74, 6) is 1.17.